The van der Waals surface area contributed by atoms with Gasteiger partial charge in [-0.15, -0.1) is 5.10 Å². The zero-order valence-corrected chi connectivity index (χ0v) is 27.1. The van der Waals surface area contributed by atoms with E-state index in [1.165, 1.54) is 15.9 Å². The van der Waals surface area contributed by atoms with Crippen molar-refractivity contribution in [3.05, 3.63) is 147 Å². The average molecular weight is 654 g/mol. The summed E-state index contributed by atoms with van der Waals surface area (Å²) in [5.74, 6) is 2.52. The van der Waals surface area contributed by atoms with Crippen LogP contribution in [0.25, 0.3) is 40.1 Å². The quantitative estimate of drug-likeness (QED) is 0.153. The van der Waals surface area contributed by atoms with Gasteiger partial charge in [0.05, 0.1) is 23.9 Å². The highest BCUT2D eigenvalue weighted by molar-refractivity contribution is 7.15. The van der Waals surface area contributed by atoms with Gasteiger partial charge in [-0.05, 0) is 78.7 Å². The Labute approximate surface area is 280 Å². The molecule has 7 aromatic rings. The van der Waals surface area contributed by atoms with Crippen molar-refractivity contribution in [2.45, 2.75) is 13.5 Å². The lowest BCUT2D eigenvalue weighted by Crippen LogP contribution is -2.23. The molecule has 0 atom stereocenters. The van der Waals surface area contributed by atoms with E-state index in [4.69, 9.17) is 19.3 Å². The lowest BCUT2D eigenvalue weighted by molar-refractivity contribution is 0.306. The van der Waals surface area contributed by atoms with Gasteiger partial charge < -0.3 is 14.2 Å². The van der Waals surface area contributed by atoms with Gasteiger partial charge in [-0.3, -0.25) is 4.79 Å². The Bertz CT molecular complexity index is 2310. The molecule has 3 heterocycles. The van der Waals surface area contributed by atoms with E-state index in [-0.39, 0.29) is 5.56 Å². The minimum absolute atomic E-state index is 0.243. The minimum Gasteiger partial charge on any atom is -0.493 e. The fourth-order valence-electron chi connectivity index (χ4n) is 5.17. The third kappa shape index (κ3) is 6.60. The van der Waals surface area contributed by atoms with E-state index in [2.05, 4.69) is 10.1 Å². The first-order valence-electron chi connectivity index (χ1n) is 15.4. The highest BCUT2D eigenvalue weighted by Crippen LogP contribution is 2.29. The van der Waals surface area contributed by atoms with Gasteiger partial charge in [0, 0.05) is 17.3 Å². The van der Waals surface area contributed by atoms with Crippen LogP contribution in [0.4, 0.5) is 0 Å². The normalized spacial score (nSPS) is 11.8. The number of benzene rings is 4. The second kappa shape index (κ2) is 13.8. The number of para-hydroxylation sites is 1. The van der Waals surface area contributed by atoms with Gasteiger partial charge in [0.1, 0.15) is 18.1 Å². The molecule has 0 radical (unpaired) electrons. The Balaban J connectivity index is 1.18. The van der Waals surface area contributed by atoms with Gasteiger partial charge in [0.15, 0.2) is 17.3 Å². The molecular formula is C38H31N5O4S. The molecule has 3 aromatic heterocycles. The molecule has 9 nitrogen and oxygen atoms in total. The zero-order chi connectivity index (χ0) is 32.9. The molecule has 0 N–H and O–H groups in total. The number of hydrogen-bond acceptors (Lipinski definition) is 8. The van der Waals surface area contributed by atoms with E-state index in [1.807, 2.05) is 133 Å². The molecule has 0 bridgehead atoms. The summed E-state index contributed by atoms with van der Waals surface area (Å²) in [7, 11) is 1.61. The van der Waals surface area contributed by atoms with Gasteiger partial charge in [-0.25, -0.2) is 4.68 Å². The van der Waals surface area contributed by atoms with Gasteiger partial charge in [0.2, 0.25) is 4.96 Å². The molecule has 0 saturated heterocycles. The summed E-state index contributed by atoms with van der Waals surface area (Å²) >= 11 is 1.28. The van der Waals surface area contributed by atoms with Crippen LogP contribution in [-0.4, -0.2) is 38.1 Å². The van der Waals surface area contributed by atoms with Crippen LogP contribution in [0.5, 0.6) is 17.2 Å². The maximum absolute atomic E-state index is 13.5. The Hall–Kier alpha value is -6.00. The van der Waals surface area contributed by atoms with Crippen LogP contribution in [0.2, 0.25) is 0 Å². The highest BCUT2D eigenvalue weighted by atomic mass is 32.1. The average Bonchev–Trinajstić information content (AvgIpc) is 3.82. The van der Waals surface area contributed by atoms with E-state index >= 15 is 0 Å². The minimum atomic E-state index is -0.243. The topological polar surface area (TPSA) is 92.8 Å². The van der Waals surface area contributed by atoms with E-state index in [0.717, 1.165) is 39.4 Å². The van der Waals surface area contributed by atoms with Crippen molar-refractivity contribution in [3.63, 3.8) is 0 Å². The number of fused-ring (bicyclic) bond motifs is 1. The summed E-state index contributed by atoms with van der Waals surface area (Å²) < 4.78 is 20.7. The molecule has 0 fully saturated rings. The third-order valence-corrected chi connectivity index (χ3v) is 8.50. The third-order valence-electron chi connectivity index (χ3n) is 7.54. The van der Waals surface area contributed by atoms with Gasteiger partial charge in [-0.1, -0.05) is 72.0 Å². The van der Waals surface area contributed by atoms with Crippen LogP contribution in [0.3, 0.4) is 0 Å². The van der Waals surface area contributed by atoms with Crippen molar-refractivity contribution in [1.82, 2.24) is 24.4 Å². The first kappa shape index (κ1) is 30.6. The monoisotopic (exact) mass is 653 g/mol. The molecule has 238 valence electrons. The van der Waals surface area contributed by atoms with E-state index in [0.29, 0.717) is 40.0 Å². The van der Waals surface area contributed by atoms with Gasteiger partial charge >= 0.3 is 0 Å². The largest absolute Gasteiger partial charge is 0.493 e. The number of rotatable bonds is 11. The molecule has 0 amide bonds. The maximum atomic E-state index is 13.5. The highest BCUT2D eigenvalue weighted by Gasteiger charge is 2.14. The van der Waals surface area contributed by atoms with Crippen molar-refractivity contribution in [3.8, 4) is 34.2 Å². The number of aromatic nitrogens is 5. The van der Waals surface area contributed by atoms with Crippen LogP contribution < -0.4 is 24.3 Å². The van der Waals surface area contributed by atoms with Crippen molar-refractivity contribution in [2.24, 2.45) is 0 Å². The summed E-state index contributed by atoms with van der Waals surface area (Å²) in [6, 6.07) is 33.4. The van der Waals surface area contributed by atoms with Crippen LogP contribution in [-0.2, 0) is 6.61 Å². The molecule has 0 spiro atoms. The van der Waals surface area contributed by atoms with Crippen LogP contribution in [0.15, 0.2) is 114 Å². The standard InChI is InChI=1S/C38H31N5O4S/c1-3-46-32-20-14-26(22-33(32)45-2)15-21-35-39-38-43(40-35)37(44)34(48-38)23-29-24-42(30-12-8-5-9-13-30)41-36(29)28-16-18-31(19-17-28)47-25-27-10-6-4-7-11-27/h4-24H,3,25H2,1-2H3/b21-15+,34-23-. The number of thiazole rings is 1. The Kier molecular flexibility index (Phi) is 8.80. The second-order valence-electron chi connectivity index (χ2n) is 10.8. The summed E-state index contributed by atoms with van der Waals surface area (Å²) in [5, 5.41) is 9.39. The van der Waals surface area contributed by atoms with Crippen LogP contribution in [0, 0.1) is 0 Å². The van der Waals surface area contributed by atoms with Crippen molar-refractivity contribution >= 4 is 34.5 Å². The molecule has 0 saturated carbocycles. The zero-order valence-electron chi connectivity index (χ0n) is 26.3. The van der Waals surface area contributed by atoms with E-state index in [9.17, 15) is 4.79 Å². The summed E-state index contributed by atoms with van der Waals surface area (Å²) in [6.45, 7) is 2.96. The molecule has 4 aromatic carbocycles. The predicted octanol–water partition coefficient (Wildman–Crippen LogP) is 6.71. The van der Waals surface area contributed by atoms with Crippen molar-refractivity contribution in [2.75, 3.05) is 13.7 Å². The number of methoxy groups -OCH3 is 1. The van der Waals surface area contributed by atoms with E-state index in [1.54, 1.807) is 13.2 Å². The summed E-state index contributed by atoms with van der Waals surface area (Å²) in [6.07, 6.45) is 7.43. The van der Waals surface area contributed by atoms with E-state index < -0.39 is 0 Å². The number of nitrogens with zero attached hydrogens (tertiary/aromatic N) is 5. The molecule has 7 rings (SSSR count). The molecule has 0 aliphatic heterocycles. The first-order chi connectivity index (χ1) is 23.6. The van der Waals surface area contributed by atoms with Crippen LogP contribution >= 0.6 is 11.3 Å². The molecule has 0 unspecified atom stereocenters. The fourth-order valence-corrected chi connectivity index (χ4v) is 6.08. The Morgan fingerprint density at radius 1 is 0.833 bits per heavy atom. The number of hydrogen-bond donors (Lipinski definition) is 0. The molecule has 48 heavy (non-hydrogen) atoms. The lowest BCUT2D eigenvalue weighted by Gasteiger charge is -2.09. The SMILES string of the molecule is CCOc1ccc(/C=C/c2nc3s/c(=C\c4cn(-c5ccccc5)nc4-c4ccc(OCc5ccccc5)cc4)c(=O)n3n2)cc1OC. The fraction of sp³-hybridized carbons (Fsp3) is 0.105. The Morgan fingerprint density at radius 2 is 1.60 bits per heavy atom. The molecule has 10 heteroatoms. The smallest absolute Gasteiger partial charge is 0.291 e. The molecule has 0 aliphatic rings. The van der Waals surface area contributed by atoms with Crippen molar-refractivity contribution < 1.29 is 14.2 Å². The lowest BCUT2D eigenvalue weighted by atomic mass is 10.1. The van der Waals surface area contributed by atoms with Crippen molar-refractivity contribution in [1.29, 1.82) is 0 Å². The van der Waals surface area contributed by atoms with Gasteiger partial charge in [0.25, 0.3) is 5.56 Å². The summed E-state index contributed by atoms with van der Waals surface area (Å²) in [5.41, 5.74) is 5.09. The second-order valence-corrected chi connectivity index (χ2v) is 11.8. The summed E-state index contributed by atoms with van der Waals surface area (Å²) in [4.78, 5) is 18.6. The van der Waals surface area contributed by atoms with Gasteiger partial charge in [-0.2, -0.15) is 14.6 Å². The predicted molar refractivity (Wildman–Crippen MR) is 189 cm³/mol. The molecular weight excluding hydrogens is 623 g/mol. The number of ether oxygens (including phenoxy) is 3. The molecule has 0 aliphatic carbocycles. The maximum Gasteiger partial charge on any atom is 0.291 e. The van der Waals surface area contributed by atoms with Crippen LogP contribution in [0.1, 0.15) is 29.4 Å². The first-order valence-corrected chi connectivity index (χ1v) is 16.2. The Morgan fingerprint density at radius 3 is 2.33 bits per heavy atom.